The van der Waals surface area contributed by atoms with E-state index in [1.54, 1.807) is 18.2 Å². The topological polar surface area (TPSA) is 94.2 Å². The first-order chi connectivity index (χ1) is 16.7. The molecule has 1 spiro atoms. The van der Waals surface area contributed by atoms with E-state index in [9.17, 15) is 23.2 Å². The fraction of sp³-hybridized carbons (Fsp3) is 0.400. The molecule has 8 nitrogen and oxygen atoms in total. The predicted octanol–water partition coefficient (Wildman–Crippen LogP) is 2.36. The third kappa shape index (κ3) is 3.59. The normalized spacial score (nSPS) is 21.0. The summed E-state index contributed by atoms with van der Waals surface area (Å²) in [4.78, 5) is 39.6. The quantitative estimate of drug-likeness (QED) is 0.667. The van der Waals surface area contributed by atoms with Crippen LogP contribution in [0.2, 0.25) is 0 Å². The lowest BCUT2D eigenvalue weighted by Gasteiger charge is -2.31. The molecule has 1 aliphatic carbocycles. The van der Waals surface area contributed by atoms with E-state index in [0.717, 1.165) is 0 Å². The van der Waals surface area contributed by atoms with Crippen LogP contribution < -0.4 is 5.32 Å². The first-order valence-corrected chi connectivity index (χ1v) is 11.3. The molecule has 1 atom stereocenters. The molecule has 1 N–H and O–H groups in total. The van der Waals surface area contributed by atoms with Crippen LogP contribution in [0.1, 0.15) is 33.5 Å². The summed E-state index contributed by atoms with van der Waals surface area (Å²) < 4.78 is 46.1. The number of hydrogen-bond acceptors (Lipinski definition) is 6. The zero-order valence-corrected chi connectivity index (χ0v) is 19.2. The molecule has 0 bridgehead atoms. The maximum absolute atomic E-state index is 15.0. The molecule has 2 aromatic carbocycles. The van der Waals surface area contributed by atoms with Gasteiger partial charge in [0.25, 0.3) is 11.8 Å². The molecule has 0 saturated carbocycles. The second kappa shape index (κ2) is 8.39. The Morgan fingerprint density at radius 2 is 1.86 bits per heavy atom. The number of amides is 2. The van der Waals surface area contributed by atoms with Gasteiger partial charge < -0.3 is 24.4 Å². The van der Waals surface area contributed by atoms with Crippen molar-refractivity contribution in [3.8, 4) is 11.1 Å². The minimum absolute atomic E-state index is 0.0981. The molecule has 2 aromatic rings. The molecular weight excluding hydrogens is 462 g/mol. The van der Waals surface area contributed by atoms with Gasteiger partial charge in [0.15, 0.2) is 6.04 Å². The number of carbonyl (C=O) groups is 3. The number of likely N-dealkylation sites (tertiary alicyclic amines) is 1. The molecule has 184 valence electrons. The highest BCUT2D eigenvalue weighted by molar-refractivity contribution is 5.99. The number of halogens is 2. The van der Waals surface area contributed by atoms with Crippen LogP contribution in [0, 0.1) is 6.92 Å². The van der Waals surface area contributed by atoms with Crippen molar-refractivity contribution in [2.75, 3.05) is 33.4 Å². The summed E-state index contributed by atoms with van der Waals surface area (Å²) in [7, 11) is 1.21. The van der Waals surface area contributed by atoms with E-state index in [0.29, 0.717) is 30.8 Å². The Morgan fingerprint density at radius 3 is 2.57 bits per heavy atom. The number of esters is 1. The number of ether oxygens (including phenoxy) is 3. The molecule has 2 heterocycles. The number of rotatable bonds is 4. The van der Waals surface area contributed by atoms with E-state index in [2.05, 4.69) is 5.32 Å². The Morgan fingerprint density at radius 1 is 1.14 bits per heavy atom. The molecule has 0 unspecified atom stereocenters. The maximum atomic E-state index is 15.0. The van der Waals surface area contributed by atoms with Crippen LogP contribution in [0.4, 0.5) is 8.78 Å². The lowest BCUT2D eigenvalue weighted by Crippen LogP contribution is -2.54. The van der Waals surface area contributed by atoms with Gasteiger partial charge in [-0.1, -0.05) is 24.3 Å². The maximum Gasteiger partial charge on any atom is 0.334 e. The van der Waals surface area contributed by atoms with Crippen molar-refractivity contribution in [3.63, 3.8) is 0 Å². The van der Waals surface area contributed by atoms with Crippen LogP contribution in [0.25, 0.3) is 11.1 Å². The Bertz CT molecular complexity index is 1220. The third-order valence-corrected chi connectivity index (χ3v) is 6.82. The van der Waals surface area contributed by atoms with Crippen molar-refractivity contribution in [2.24, 2.45) is 0 Å². The number of nitrogens with one attached hydrogen (secondary N) is 1. The van der Waals surface area contributed by atoms with E-state index < -0.39 is 42.1 Å². The molecular formula is C25H24F2N2O6. The standard InChI is InChI=1S/C25H24F2N2O6/c1-14-11-15(12-17-16-5-3-4-6-18(16)25(26,27)20(14)17)22(31)28-13-19(30)29-8-7-24(34-9-10-35-24)21(29)23(32)33-2/h3-6,11-12,21H,7-10,13H2,1-2H3,(H,28,31)/t21-/m1/s1. The molecule has 10 heteroatoms. The Hall–Kier alpha value is -3.37. The van der Waals surface area contributed by atoms with Gasteiger partial charge in [-0.05, 0) is 35.7 Å². The van der Waals surface area contributed by atoms with Crippen molar-refractivity contribution < 1.29 is 37.4 Å². The number of methoxy groups -OCH3 is 1. The van der Waals surface area contributed by atoms with Gasteiger partial charge in [0.1, 0.15) is 0 Å². The molecule has 2 saturated heterocycles. The third-order valence-electron chi connectivity index (χ3n) is 6.82. The van der Waals surface area contributed by atoms with Crippen LogP contribution in [-0.2, 0) is 29.7 Å². The molecule has 2 amide bonds. The number of aryl methyl sites for hydroxylation is 1. The number of hydrogen-bond donors (Lipinski definition) is 1. The first kappa shape index (κ1) is 23.4. The molecule has 2 fully saturated rings. The summed E-state index contributed by atoms with van der Waals surface area (Å²) in [5.74, 6) is -6.17. The highest BCUT2D eigenvalue weighted by atomic mass is 19.3. The summed E-state index contributed by atoms with van der Waals surface area (Å²) in [5.41, 5.74) is 0.894. The second-order valence-electron chi connectivity index (χ2n) is 8.79. The van der Waals surface area contributed by atoms with Crippen molar-refractivity contribution in [1.82, 2.24) is 10.2 Å². The lowest BCUT2D eigenvalue weighted by atomic mass is 9.97. The largest absolute Gasteiger partial charge is 0.467 e. The highest BCUT2D eigenvalue weighted by Gasteiger charge is 2.57. The van der Waals surface area contributed by atoms with Crippen LogP contribution in [0.5, 0.6) is 0 Å². The zero-order valence-electron chi connectivity index (χ0n) is 19.2. The smallest absolute Gasteiger partial charge is 0.334 e. The second-order valence-corrected chi connectivity index (χ2v) is 8.79. The van der Waals surface area contributed by atoms with Crippen LogP contribution in [-0.4, -0.2) is 67.9 Å². The van der Waals surface area contributed by atoms with Gasteiger partial charge in [0.2, 0.25) is 11.7 Å². The van der Waals surface area contributed by atoms with Gasteiger partial charge in [-0.3, -0.25) is 9.59 Å². The van der Waals surface area contributed by atoms with E-state index in [4.69, 9.17) is 14.2 Å². The van der Waals surface area contributed by atoms with Gasteiger partial charge in [-0.2, -0.15) is 8.78 Å². The van der Waals surface area contributed by atoms with Gasteiger partial charge in [0, 0.05) is 29.7 Å². The molecule has 0 radical (unpaired) electrons. The Kier molecular flexibility index (Phi) is 5.60. The van der Waals surface area contributed by atoms with Gasteiger partial charge in [-0.25, -0.2) is 4.79 Å². The van der Waals surface area contributed by atoms with E-state index in [-0.39, 0.29) is 28.8 Å². The first-order valence-electron chi connectivity index (χ1n) is 11.3. The summed E-state index contributed by atoms with van der Waals surface area (Å²) in [6, 6.07) is 7.93. The number of carbonyl (C=O) groups excluding carboxylic acids is 3. The monoisotopic (exact) mass is 486 g/mol. The van der Waals surface area contributed by atoms with E-state index in [1.165, 1.54) is 37.1 Å². The molecule has 0 aromatic heterocycles. The molecule has 3 aliphatic rings. The van der Waals surface area contributed by atoms with Gasteiger partial charge in [-0.15, -0.1) is 0 Å². The number of benzene rings is 2. The number of nitrogens with zero attached hydrogens (tertiary/aromatic N) is 1. The predicted molar refractivity (Wildman–Crippen MR) is 119 cm³/mol. The van der Waals surface area contributed by atoms with Gasteiger partial charge >= 0.3 is 5.97 Å². The molecule has 2 aliphatic heterocycles. The fourth-order valence-corrected chi connectivity index (χ4v) is 5.27. The summed E-state index contributed by atoms with van der Waals surface area (Å²) >= 11 is 0. The summed E-state index contributed by atoms with van der Waals surface area (Å²) in [6.45, 7) is 1.93. The Labute approximate surface area is 200 Å². The van der Waals surface area contributed by atoms with Crippen LogP contribution in [0.3, 0.4) is 0 Å². The van der Waals surface area contributed by atoms with Crippen molar-refractivity contribution in [1.29, 1.82) is 0 Å². The summed E-state index contributed by atoms with van der Waals surface area (Å²) in [5, 5.41) is 2.54. The number of alkyl halides is 2. The zero-order chi connectivity index (χ0) is 25.0. The van der Waals surface area contributed by atoms with Crippen LogP contribution in [0.15, 0.2) is 36.4 Å². The molecule has 5 rings (SSSR count). The average Bonchev–Trinajstić information content (AvgIpc) is 3.53. The van der Waals surface area contributed by atoms with Crippen molar-refractivity contribution >= 4 is 17.8 Å². The SMILES string of the molecule is COC(=O)[C@H]1N(C(=O)CNC(=O)c2cc(C)c3c(c2)-c2ccccc2C3(F)F)CCC12OCCO2. The van der Waals surface area contributed by atoms with E-state index in [1.807, 2.05) is 0 Å². The summed E-state index contributed by atoms with van der Waals surface area (Å²) in [6.07, 6.45) is 0.296. The van der Waals surface area contributed by atoms with Crippen molar-refractivity contribution in [2.45, 2.75) is 31.1 Å². The van der Waals surface area contributed by atoms with Gasteiger partial charge in [0.05, 0.1) is 26.9 Å². The Balaban J connectivity index is 1.34. The van der Waals surface area contributed by atoms with Crippen molar-refractivity contribution in [3.05, 3.63) is 58.7 Å². The highest BCUT2D eigenvalue weighted by Crippen LogP contribution is 2.52. The minimum atomic E-state index is -3.15. The fourth-order valence-electron chi connectivity index (χ4n) is 5.27. The average molecular weight is 486 g/mol. The lowest BCUT2D eigenvalue weighted by molar-refractivity contribution is -0.193. The van der Waals surface area contributed by atoms with Crippen LogP contribution >= 0.6 is 0 Å². The number of fused-ring (bicyclic) bond motifs is 3. The minimum Gasteiger partial charge on any atom is -0.467 e. The van der Waals surface area contributed by atoms with E-state index >= 15 is 0 Å². The molecule has 35 heavy (non-hydrogen) atoms.